The first-order valence-corrected chi connectivity index (χ1v) is 10.3. The number of methoxy groups -OCH3 is 1. The summed E-state index contributed by atoms with van der Waals surface area (Å²) in [6.07, 6.45) is -1.34. The number of nitrogens with zero attached hydrogens (tertiary/aromatic N) is 3. The van der Waals surface area contributed by atoms with E-state index in [-0.39, 0.29) is 0 Å². The van der Waals surface area contributed by atoms with Gasteiger partial charge in [0.05, 0.1) is 36.2 Å². The fraction of sp³-hybridized carbons (Fsp3) is 0.292. The molecule has 0 spiro atoms. The smallest absolute Gasteiger partial charge is 0.416 e. The molecular formula is C24H23F3N3O4-. The van der Waals surface area contributed by atoms with Gasteiger partial charge >= 0.3 is 6.18 Å². The summed E-state index contributed by atoms with van der Waals surface area (Å²) in [7, 11) is 1.58. The fourth-order valence-corrected chi connectivity index (χ4v) is 3.28. The summed E-state index contributed by atoms with van der Waals surface area (Å²) in [6.45, 7) is 2.61. The minimum absolute atomic E-state index is 0.415. The standard InChI is InChI=1S/C24H24F3N3O4/c1-16-11-17(3-8-21(16)34-15-23(31)32)14-30(9-10-33-2)22-13-28-12-20(29-22)18-4-6-19(7-5-18)24(25,26)27/h3-8,11-13H,9-10,14-15H2,1-2H3,(H,31,32)/p-1. The maximum Gasteiger partial charge on any atom is 0.416 e. The first-order chi connectivity index (χ1) is 16.2. The fourth-order valence-electron chi connectivity index (χ4n) is 3.28. The van der Waals surface area contributed by atoms with Crippen molar-refractivity contribution >= 4 is 11.8 Å². The predicted molar refractivity (Wildman–Crippen MR) is 117 cm³/mol. The van der Waals surface area contributed by atoms with Crippen LogP contribution in [0.15, 0.2) is 54.9 Å². The maximum absolute atomic E-state index is 12.9. The number of carboxylic acids is 1. The van der Waals surface area contributed by atoms with Crippen molar-refractivity contribution in [3.05, 3.63) is 71.5 Å². The van der Waals surface area contributed by atoms with E-state index in [0.29, 0.717) is 42.5 Å². The molecule has 1 heterocycles. The highest BCUT2D eigenvalue weighted by molar-refractivity contribution is 5.66. The molecule has 0 aliphatic carbocycles. The van der Waals surface area contributed by atoms with E-state index in [1.807, 2.05) is 17.0 Å². The van der Waals surface area contributed by atoms with E-state index in [1.54, 1.807) is 26.3 Å². The van der Waals surface area contributed by atoms with Gasteiger partial charge in [0.15, 0.2) is 0 Å². The number of hydrogen-bond acceptors (Lipinski definition) is 7. The van der Waals surface area contributed by atoms with Crippen LogP contribution in [-0.2, 0) is 22.3 Å². The van der Waals surface area contributed by atoms with Crippen molar-refractivity contribution in [1.82, 2.24) is 9.97 Å². The van der Waals surface area contributed by atoms with Crippen molar-refractivity contribution in [2.75, 3.05) is 31.8 Å². The van der Waals surface area contributed by atoms with Gasteiger partial charge in [0.2, 0.25) is 0 Å². The van der Waals surface area contributed by atoms with Gasteiger partial charge in [-0.05, 0) is 36.2 Å². The Morgan fingerprint density at radius 1 is 1.12 bits per heavy atom. The summed E-state index contributed by atoms with van der Waals surface area (Å²) in [6, 6.07) is 10.1. The molecule has 0 fully saturated rings. The summed E-state index contributed by atoms with van der Waals surface area (Å²) >= 11 is 0. The molecule has 0 aliphatic heterocycles. The minimum atomic E-state index is -4.41. The molecule has 10 heteroatoms. The molecule has 1 aromatic heterocycles. The molecule has 0 saturated carbocycles. The van der Waals surface area contributed by atoms with E-state index in [1.165, 1.54) is 18.3 Å². The first-order valence-electron chi connectivity index (χ1n) is 10.3. The Labute approximate surface area is 194 Å². The van der Waals surface area contributed by atoms with Crippen LogP contribution < -0.4 is 14.7 Å². The lowest BCUT2D eigenvalue weighted by Crippen LogP contribution is -2.29. The molecule has 3 aromatic rings. The molecule has 3 rings (SSSR count). The number of anilines is 1. The zero-order valence-electron chi connectivity index (χ0n) is 18.6. The van der Waals surface area contributed by atoms with Crippen LogP contribution in [0.1, 0.15) is 16.7 Å². The summed E-state index contributed by atoms with van der Waals surface area (Å²) in [5.74, 6) is -0.328. The molecule has 0 bridgehead atoms. The van der Waals surface area contributed by atoms with Crippen molar-refractivity contribution in [3.8, 4) is 17.0 Å². The number of hydrogen-bond donors (Lipinski definition) is 0. The Hall–Kier alpha value is -3.66. The third kappa shape index (κ3) is 6.67. The summed E-state index contributed by atoms with van der Waals surface area (Å²) < 4.78 is 49.0. The Bertz CT molecular complexity index is 1120. The highest BCUT2D eigenvalue weighted by atomic mass is 19.4. The number of carbonyl (C=O) groups is 1. The number of carbonyl (C=O) groups excluding carboxylic acids is 1. The number of aliphatic carboxylic acids is 1. The van der Waals surface area contributed by atoms with Gasteiger partial charge in [-0.2, -0.15) is 13.2 Å². The number of alkyl halides is 3. The lowest BCUT2D eigenvalue weighted by molar-refractivity contribution is -0.307. The molecule has 0 radical (unpaired) electrons. The lowest BCUT2D eigenvalue weighted by Gasteiger charge is -2.24. The van der Waals surface area contributed by atoms with Gasteiger partial charge in [-0.3, -0.25) is 4.98 Å². The van der Waals surface area contributed by atoms with Crippen molar-refractivity contribution < 1.29 is 32.5 Å². The number of aryl methyl sites for hydroxylation is 1. The Morgan fingerprint density at radius 2 is 1.85 bits per heavy atom. The Kier molecular flexibility index (Phi) is 8.06. The highest BCUT2D eigenvalue weighted by Gasteiger charge is 2.30. The van der Waals surface area contributed by atoms with E-state index in [0.717, 1.165) is 23.3 Å². The second kappa shape index (κ2) is 11.0. The number of aromatic nitrogens is 2. The van der Waals surface area contributed by atoms with Crippen LogP contribution in [0, 0.1) is 6.92 Å². The van der Waals surface area contributed by atoms with Crippen LogP contribution in [0.2, 0.25) is 0 Å². The second-order valence-corrected chi connectivity index (χ2v) is 7.51. The monoisotopic (exact) mass is 474 g/mol. The van der Waals surface area contributed by atoms with Crippen LogP contribution in [0.4, 0.5) is 19.0 Å². The molecule has 0 amide bonds. The van der Waals surface area contributed by atoms with E-state index in [2.05, 4.69) is 9.97 Å². The average Bonchev–Trinajstić information content (AvgIpc) is 2.80. The number of benzene rings is 2. The van der Waals surface area contributed by atoms with Crippen LogP contribution in [-0.4, -0.2) is 42.8 Å². The number of ether oxygens (including phenoxy) is 2. The highest BCUT2D eigenvalue weighted by Crippen LogP contribution is 2.31. The van der Waals surface area contributed by atoms with Crippen LogP contribution in [0.3, 0.4) is 0 Å². The molecule has 7 nitrogen and oxygen atoms in total. The predicted octanol–water partition coefficient (Wildman–Crippen LogP) is 3.25. The third-order valence-corrected chi connectivity index (χ3v) is 4.98. The summed E-state index contributed by atoms with van der Waals surface area (Å²) in [5.41, 5.74) is 1.89. The number of halogens is 3. The third-order valence-electron chi connectivity index (χ3n) is 4.98. The van der Waals surface area contributed by atoms with Crippen LogP contribution in [0.5, 0.6) is 5.75 Å². The molecule has 34 heavy (non-hydrogen) atoms. The van der Waals surface area contributed by atoms with Gasteiger partial charge in [-0.1, -0.05) is 24.3 Å². The molecule has 180 valence electrons. The quantitative estimate of drug-likeness (QED) is 0.446. The number of carboxylic acid groups (broad SMARTS) is 1. The topological polar surface area (TPSA) is 87.6 Å². The Morgan fingerprint density at radius 3 is 2.47 bits per heavy atom. The van der Waals surface area contributed by atoms with E-state index < -0.39 is 24.3 Å². The van der Waals surface area contributed by atoms with Gasteiger partial charge in [-0.15, -0.1) is 0 Å². The zero-order valence-corrected chi connectivity index (χ0v) is 18.6. The molecule has 0 N–H and O–H groups in total. The number of rotatable bonds is 10. The average molecular weight is 474 g/mol. The molecule has 0 unspecified atom stereocenters. The molecule has 0 atom stereocenters. The maximum atomic E-state index is 12.9. The van der Waals surface area contributed by atoms with Crippen molar-refractivity contribution in [2.24, 2.45) is 0 Å². The second-order valence-electron chi connectivity index (χ2n) is 7.51. The lowest BCUT2D eigenvalue weighted by atomic mass is 10.1. The molecular weight excluding hydrogens is 451 g/mol. The van der Waals surface area contributed by atoms with E-state index in [4.69, 9.17) is 9.47 Å². The Balaban J connectivity index is 1.83. The van der Waals surface area contributed by atoms with Gasteiger partial charge in [0.1, 0.15) is 18.2 Å². The SMILES string of the molecule is COCCN(Cc1ccc(OCC(=O)[O-])c(C)c1)c1cncc(-c2ccc(C(F)(F)F)cc2)n1. The normalized spacial score (nSPS) is 11.3. The zero-order chi connectivity index (χ0) is 24.7. The van der Waals surface area contributed by atoms with Crippen molar-refractivity contribution in [2.45, 2.75) is 19.6 Å². The molecule has 0 saturated heterocycles. The van der Waals surface area contributed by atoms with E-state index in [9.17, 15) is 23.1 Å². The van der Waals surface area contributed by atoms with Gasteiger partial charge in [-0.25, -0.2) is 4.98 Å². The largest absolute Gasteiger partial charge is 0.546 e. The van der Waals surface area contributed by atoms with Gasteiger partial charge < -0.3 is 24.3 Å². The summed E-state index contributed by atoms with van der Waals surface area (Å²) in [5, 5.41) is 10.6. The first kappa shape index (κ1) is 25.0. The van der Waals surface area contributed by atoms with Gasteiger partial charge in [0.25, 0.3) is 0 Å². The summed E-state index contributed by atoms with van der Waals surface area (Å²) in [4.78, 5) is 21.4. The minimum Gasteiger partial charge on any atom is -0.546 e. The van der Waals surface area contributed by atoms with Crippen LogP contribution >= 0.6 is 0 Å². The van der Waals surface area contributed by atoms with E-state index >= 15 is 0 Å². The van der Waals surface area contributed by atoms with Gasteiger partial charge in [0, 0.05) is 25.8 Å². The molecule has 2 aromatic carbocycles. The van der Waals surface area contributed by atoms with Crippen molar-refractivity contribution in [1.29, 1.82) is 0 Å². The molecule has 0 aliphatic rings. The van der Waals surface area contributed by atoms with Crippen LogP contribution in [0.25, 0.3) is 11.3 Å². The van der Waals surface area contributed by atoms with Crippen molar-refractivity contribution in [3.63, 3.8) is 0 Å².